The monoisotopic (exact) mass is 290 g/mol. The Kier molecular flexibility index (Phi) is 3.97. The van der Waals surface area contributed by atoms with Crippen molar-refractivity contribution in [1.29, 1.82) is 0 Å². The van der Waals surface area contributed by atoms with Crippen molar-refractivity contribution in [1.82, 2.24) is 0 Å². The number of aromatic hydroxyl groups is 1. The van der Waals surface area contributed by atoms with E-state index in [1.807, 2.05) is 73.7 Å². The second-order valence-electron chi connectivity index (χ2n) is 5.19. The van der Waals surface area contributed by atoms with Gasteiger partial charge in [-0.05, 0) is 67.1 Å². The predicted molar refractivity (Wildman–Crippen MR) is 92.3 cm³/mol. The van der Waals surface area contributed by atoms with E-state index in [-0.39, 0.29) is 0 Å². The predicted octanol–water partition coefficient (Wildman–Crippen LogP) is 5.19. The van der Waals surface area contributed by atoms with Gasteiger partial charge in [-0.1, -0.05) is 18.2 Å². The fraction of sp³-hybridized carbons (Fsp3) is 0.0526. The summed E-state index contributed by atoms with van der Waals surface area (Å²) in [6.45, 7) is 1.88. The molecule has 110 valence electrons. The summed E-state index contributed by atoms with van der Waals surface area (Å²) in [4.78, 5) is 0. The van der Waals surface area contributed by atoms with Gasteiger partial charge in [-0.25, -0.2) is 0 Å². The van der Waals surface area contributed by atoms with Crippen molar-refractivity contribution in [3.05, 3.63) is 78.4 Å². The van der Waals surface area contributed by atoms with E-state index in [4.69, 9.17) is 0 Å². The third kappa shape index (κ3) is 3.38. The first kappa shape index (κ1) is 14.0. The highest BCUT2D eigenvalue weighted by Crippen LogP contribution is 2.24. The molecule has 0 spiro atoms. The second-order valence-corrected chi connectivity index (χ2v) is 5.19. The zero-order chi connectivity index (χ0) is 15.4. The van der Waals surface area contributed by atoms with Gasteiger partial charge in [-0.2, -0.15) is 0 Å². The van der Waals surface area contributed by atoms with Crippen LogP contribution in [0.3, 0.4) is 0 Å². The van der Waals surface area contributed by atoms with E-state index in [9.17, 15) is 5.11 Å². The van der Waals surface area contributed by atoms with Crippen molar-refractivity contribution in [2.24, 2.45) is 0 Å². The number of aryl methyl sites for hydroxylation is 1. The van der Waals surface area contributed by atoms with Crippen LogP contribution < -0.4 is 10.6 Å². The largest absolute Gasteiger partial charge is 0.508 e. The number of anilines is 4. The van der Waals surface area contributed by atoms with Gasteiger partial charge >= 0.3 is 0 Å². The van der Waals surface area contributed by atoms with Crippen molar-refractivity contribution < 1.29 is 5.11 Å². The molecular formula is C19H18N2O. The molecule has 0 saturated carbocycles. The Balaban J connectivity index is 1.70. The molecule has 3 aromatic carbocycles. The highest BCUT2D eigenvalue weighted by atomic mass is 16.3. The van der Waals surface area contributed by atoms with Gasteiger partial charge in [0.1, 0.15) is 5.75 Å². The van der Waals surface area contributed by atoms with Crippen LogP contribution in [0, 0.1) is 6.92 Å². The number of nitrogens with one attached hydrogen (secondary N) is 2. The minimum Gasteiger partial charge on any atom is -0.508 e. The molecule has 0 fully saturated rings. The van der Waals surface area contributed by atoms with Crippen LogP contribution in [-0.4, -0.2) is 5.11 Å². The van der Waals surface area contributed by atoms with Gasteiger partial charge in [0.25, 0.3) is 0 Å². The van der Waals surface area contributed by atoms with Crippen molar-refractivity contribution in [2.45, 2.75) is 6.92 Å². The number of phenols is 1. The molecule has 3 nitrogen and oxygen atoms in total. The van der Waals surface area contributed by atoms with Crippen molar-refractivity contribution in [3.8, 4) is 5.75 Å². The maximum atomic E-state index is 9.55. The van der Waals surface area contributed by atoms with E-state index >= 15 is 0 Å². The molecule has 0 aromatic heterocycles. The standard InChI is InChI=1S/C19H18N2O/c1-14-13-18(11-12-19(14)22)21-17-9-7-16(8-10-17)20-15-5-3-2-4-6-15/h2-13,20-22H,1H3. The highest BCUT2D eigenvalue weighted by Gasteiger charge is 2.00. The zero-order valence-corrected chi connectivity index (χ0v) is 12.4. The molecule has 0 aliphatic heterocycles. The smallest absolute Gasteiger partial charge is 0.118 e. The van der Waals surface area contributed by atoms with Crippen LogP contribution in [0.1, 0.15) is 5.56 Å². The van der Waals surface area contributed by atoms with Crippen molar-refractivity contribution in [3.63, 3.8) is 0 Å². The maximum absolute atomic E-state index is 9.55. The van der Waals surface area contributed by atoms with Crippen LogP contribution >= 0.6 is 0 Å². The average Bonchev–Trinajstić information content (AvgIpc) is 2.54. The molecule has 0 bridgehead atoms. The third-order valence-electron chi connectivity index (χ3n) is 3.43. The Morgan fingerprint density at radius 3 is 1.73 bits per heavy atom. The Bertz CT molecular complexity index is 752. The summed E-state index contributed by atoms with van der Waals surface area (Å²) in [5, 5.41) is 16.2. The lowest BCUT2D eigenvalue weighted by Crippen LogP contribution is -1.93. The summed E-state index contributed by atoms with van der Waals surface area (Å²) < 4.78 is 0. The molecule has 0 saturated heterocycles. The minimum atomic E-state index is 0.313. The zero-order valence-electron chi connectivity index (χ0n) is 12.4. The fourth-order valence-corrected chi connectivity index (χ4v) is 2.22. The highest BCUT2D eigenvalue weighted by molar-refractivity contribution is 5.66. The van der Waals surface area contributed by atoms with Crippen LogP contribution in [-0.2, 0) is 0 Å². The number of hydrogen-bond acceptors (Lipinski definition) is 3. The van der Waals surface area contributed by atoms with E-state index in [0.717, 1.165) is 28.3 Å². The van der Waals surface area contributed by atoms with Gasteiger partial charge in [0.2, 0.25) is 0 Å². The molecule has 0 atom stereocenters. The lowest BCUT2D eigenvalue weighted by Gasteiger charge is -2.10. The summed E-state index contributed by atoms with van der Waals surface area (Å²) in [5.41, 5.74) is 4.92. The van der Waals surface area contributed by atoms with Gasteiger partial charge in [0.05, 0.1) is 0 Å². The molecular weight excluding hydrogens is 272 g/mol. The van der Waals surface area contributed by atoms with Crippen molar-refractivity contribution in [2.75, 3.05) is 10.6 Å². The normalized spacial score (nSPS) is 10.2. The maximum Gasteiger partial charge on any atom is 0.118 e. The summed E-state index contributed by atoms with van der Waals surface area (Å²) in [7, 11) is 0. The molecule has 22 heavy (non-hydrogen) atoms. The SMILES string of the molecule is Cc1cc(Nc2ccc(Nc3ccccc3)cc2)ccc1O. The molecule has 0 unspecified atom stereocenters. The van der Waals surface area contributed by atoms with Gasteiger partial charge in [-0.15, -0.1) is 0 Å². The molecule has 0 amide bonds. The summed E-state index contributed by atoms with van der Waals surface area (Å²) in [5.74, 6) is 0.313. The Morgan fingerprint density at radius 1 is 0.636 bits per heavy atom. The van der Waals surface area contributed by atoms with Gasteiger partial charge in [0.15, 0.2) is 0 Å². The van der Waals surface area contributed by atoms with Gasteiger partial charge < -0.3 is 15.7 Å². The van der Waals surface area contributed by atoms with Crippen molar-refractivity contribution >= 4 is 22.7 Å². The van der Waals surface area contributed by atoms with E-state index in [1.165, 1.54) is 0 Å². The van der Waals surface area contributed by atoms with E-state index in [1.54, 1.807) is 6.07 Å². The fourth-order valence-electron chi connectivity index (χ4n) is 2.22. The molecule has 0 aliphatic carbocycles. The summed E-state index contributed by atoms with van der Waals surface area (Å²) >= 11 is 0. The number of benzene rings is 3. The average molecular weight is 290 g/mol. The van der Waals surface area contributed by atoms with Crippen LogP contribution in [0.25, 0.3) is 0 Å². The number of hydrogen-bond donors (Lipinski definition) is 3. The first-order valence-corrected chi connectivity index (χ1v) is 7.19. The topological polar surface area (TPSA) is 44.3 Å². The quantitative estimate of drug-likeness (QED) is 0.579. The molecule has 0 radical (unpaired) electrons. The molecule has 3 rings (SSSR count). The number of rotatable bonds is 4. The van der Waals surface area contributed by atoms with Crippen LogP contribution in [0.2, 0.25) is 0 Å². The van der Waals surface area contributed by atoms with E-state index in [0.29, 0.717) is 5.75 Å². The molecule has 3 heteroatoms. The third-order valence-corrected chi connectivity index (χ3v) is 3.43. The van der Waals surface area contributed by atoms with E-state index < -0.39 is 0 Å². The first-order chi connectivity index (χ1) is 10.7. The van der Waals surface area contributed by atoms with Gasteiger partial charge in [0, 0.05) is 22.7 Å². The van der Waals surface area contributed by atoms with Crippen LogP contribution in [0.15, 0.2) is 72.8 Å². The first-order valence-electron chi connectivity index (χ1n) is 7.19. The lowest BCUT2D eigenvalue weighted by molar-refractivity contribution is 0.471. The Morgan fingerprint density at radius 2 is 1.14 bits per heavy atom. The van der Waals surface area contributed by atoms with Gasteiger partial charge in [-0.3, -0.25) is 0 Å². The molecule has 0 heterocycles. The lowest BCUT2D eigenvalue weighted by atomic mass is 10.2. The van der Waals surface area contributed by atoms with Crippen LogP contribution in [0.4, 0.5) is 22.7 Å². The molecule has 0 aliphatic rings. The summed E-state index contributed by atoms with van der Waals surface area (Å²) in [6, 6.07) is 23.7. The molecule has 3 aromatic rings. The summed E-state index contributed by atoms with van der Waals surface area (Å²) in [6.07, 6.45) is 0. The number of para-hydroxylation sites is 1. The Labute approximate surface area is 130 Å². The Hall–Kier alpha value is -2.94. The second kappa shape index (κ2) is 6.22. The molecule has 3 N–H and O–H groups in total. The van der Waals surface area contributed by atoms with Crippen LogP contribution in [0.5, 0.6) is 5.75 Å². The number of phenolic OH excluding ortho intramolecular Hbond substituents is 1. The minimum absolute atomic E-state index is 0.313. The van der Waals surface area contributed by atoms with E-state index in [2.05, 4.69) is 10.6 Å².